The molecule has 0 aromatic heterocycles. The van der Waals surface area contributed by atoms with E-state index in [0.717, 1.165) is 10.6 Å². The molecule has 0 unspecified atom stereocenters. The Labute approximate surface area is 191 Å². The van der Waals surface area contributed by atoms with E-state index in [1.807, 2.05) is 24.3 Å². The molecule has 0 radical (unpaired) electrons. The Morgan fingerprint density at radius 3 is 2.29 bits per heavy atom. The summed E-state index contributed by atoms with van der Waals surface area (Å²) in [6.07, 6.45) is 0. The van der Waals surface area contributed by atoms with E-state index < -0.39 is 10.0 Å². The van der Waals surface area contributed by atoms with Crippen molar-refractivity contribution in [3.8, 4) is 5.75 Å². The standard InChI is InChI=1S/C22H21ClN2O4S2/c1-15(30-20-10-8-19(29-2)9-11-20)22(26)24-17-6-12-21(13-7-17)31(27,28)25-18-5-3-4-16(23)14-18/h3-15,25H,1-2H3,(H,24,26)/t15-/m1/s1. The van der Waals surface area contributed by atoms with Crippen LogP contribution in [0.25, 0.3) is 0 Å². The number of sulfonamides is 1. The SMILES string of the molecule is COc1ccc(S[C@H](C)C(=O)Nc2ccc(S(=O)(=O)Nc3cccc(Cl)c3)cc2)cc1. The molecule has 0 saturated heterocycles. The van der Waals surface area contributed by atoms with Gasteiger partial charge >= 0.3 is 0 Å². The molecule has 0 heterocycles. The first-order valence-electron chi connectivity index (χ1n) is 9.27. The lowest BCUT2D eigenvalue weighted by Crippen LogP contribution is -2.22. The van der Waals surface area contributed by atoms with Crippen LogP contribution in [-0.2, 0) is 14.8 Å². The first kappa shape index (κ1) is 23.0. The summed E-state index contributed by atoms with van der Waals surface area (Å²) in [6, 6.07) is 19.9. The predicted molar refractivity (Wildman–Crippen MR) is 126 cm³/mol. The number of carbonyl (C=O) groups excluding carboxylic acids is 1. The van der Waals surface area contributed by atoms with E-state index >= 15 is 0 Å². The number of hydrogen-bond acceptors (Lipinski definition) is 5. The highest BCUT2D eigenvalue weighted by molar-refractivity contribution is 8.00. The van der Waals surface area contributed by atoms with Gasteiger partial charge in [0.1, 0.15) is 5.75 Å². The van der Waals surface area contributed by atoms with Gasteiger partial charge in [-0.25, -0.2) is 8.42 Å². The molecule has 0 saturated carbocycles. The maximum absolute atomic E-state index is 12.5. The van der Waals surface area contributed by atoms with Crippen LogP contribution in [-0.4, -0.2) is 26.7 Å². The van der Waals surface area contributed by atoms with Gasteiger partial charge in [0.25, 0.3) is 10.0 Å². The van der Waals surface area contributed by atoms with Crippen LogP contribution < -0.4 is 14.8 Å². The Hall–Kier alpha value is -2.68. The van der Waals surface area contributed by atoms with Gasteiger partial charge in [0, 0.05) is 15.6 Å². The van der Waals surface area contributed by atoms with Crippen LogP contribution in [0.15, 0.2) is 82.6 Å². The molecular weight excluding hydrogens is 456 g/mol. The molecule has 0 aliphatic rings. The highest BCUT2D eigenvalue weighted by Crippen LogP contribution is 2.26. The van der Waals surface area contributed by atoms with Gasteiger partial charge in [-0.2, -0.15) is 0 Å². The second-order valence-corrected chi connectivity index (χ2v) is 10.1. The van der Waals surface area contributed by atoms with E-state index in [-0.39, 0.29) is 16.1 Å². The fraction of sp³-hybridized carbons (Fsp3) is 0.136. The lowest BCUT2D eigenvalue weighted by Gasteiger charge is -2.13. The monoisotopic (exact) mass is 476 g/mol. The molecule has 0 aliphatic carbocycles. The molecule has 31 heavy (non-hydrogen) atoms. The molecule has 0 bridgehead atoms. The molecule has 1 atom stereocenters. The van der Waals surface area contributed by atoms with Gasteiger partial charge < -0.3 is 10.1 Å². The normalized spacial score (nSPS) is 12.1. The lowest BCUT2D eigenvalue weighted by molar-refractivity contribution is -0.115. The summed E-state index contributed by atoms with van der Waals surface area (Å²) < 4.78 is 32.7. The quantitative estimate of drug-likeness (QED) is 0.433. The number of thioether (sulfide) groups is 1. The average molecular weight is 477 g/mol. The summed E-state index contributed by atoms with van der Waals surface area (Å²) in [7, 11) is -2.17. The van der Waals surface area contributed by atoms with Crippen molar-refractivity contribution in [3.05, 3.63) is 77.8 Å². The topological polar surface area (TPSA) is 84.5 Å². The van der Waals surface area contributed by atoms with Crippen LogP contribution >= 0.6 is 23.4 Å². The second kappa shape index (κ2) is 10.1. The summed E-state index contributed by atoms with van der Waals surface area (Å²) >= 11 is 7.31. The van der Waals surface area contributed by atoms with E-state index in [2.05, 4.69) is 10.0 Å². The number of rotatable bonds is 8. The molecule has 3 aromatic rings. The number of amides is 1. The molecule has 162 valence electrons. The number of nitrogens with one attached hydrogen (secondary N) is 2. The van der Waals surface area contributed by atoms with E-state index in [4.69, 9.17) is 16.3 Å². The number of methoxy groups -OCH3 is 1. The largest absolute Gasteiger partial charge is 0.497 e. The molecule has 2 N–H and O–H groups in total. The van der Waals surface area contributed by atoms with Gasteiger partial charge in [-0.3, -0.25) is 9.52 Å². The Balaban J connectivity index is 1.61. The maximum Gasteiger partial charge on any atom is 0.261 e. The van der Waals surface area contributed by atoms with Gasteiger partial charge in [0.2, 0.25) is 5.91 Å². The van der Waals surface area contributed by atoms with Crippen LogP contribution in [0.4, 0.5) is 11.4 Å². The number of hydrogen-bond donors (Lipinski definition) is 2. The summed E-state index contributed by atoms with van der Waals surface area (Å²) in [5, 5.41) is 2.89. The lowest BCUT2D eigenvalue weighted by atomic mass is 10.3. The van der Waals surface area contributed by atoms with Crippen LogP contribution in [0.1, 0.15) is 6.92 Å². The first-order chi connectivity index (χ1) is 14.8. The minimum Gasteiger partial charge on any atom is -0.497 e. The molecule has 0 fully saturated rings. The number of benzene rings is 3. The number of halogens is 1. The number of ether oxygens (including phenoxy) is 1. The van der Waals surface area contributed by atoms with Crippen molar-refractivity contribution in [1.29, 1.82) is 0 Å². The highest BCUT2D eigenvalue weighted by Gasteiger charge is 2.17. The van der Waals surface area contributed by atoms with Crippen molar-refractivity contribution in [1.82, 2.24) is 0 Å². The third-order valence-electron chi connectivity index (χ3n) is 4.25. The Kier molecular flexibility index (Phi) is 7.48. The molecule has 9 heteroatoms. The molecule has 1 amide bonds. The minimum absolute atomic E-state index is 0.0751. The average Bonchev–Trinajstić information content (AvgIpc) is 2.74. The van der Waals surface area contributed by atoms with Gasteiger partial charge in [-0.1, -0.05) is 17.7 Å². The van der Waals surface area contributed by atoms with Gasteiger partial charge in [-0.05, 0) is 73.7 Å². The molecular formula is C22H21ClN2O4S2. The third kappa shape index (κ3) is 6.40. The zero-order valence-corrected chi connectivity index (χ0v) is 19.2. The molecule has 0 spiro atoms. The van der Waals surface area contributed by atoms with E-state index in [1.165, 1.54) is 30.0 Å². The molecule has 6 nitrogen and oxygen atoms in total. The van der Waals surface area contributed by atoms with Crippen molar-refractivity contribution in [2.24, 2.45) is 0 Å². The van der Waals surface area contributed by atoms with Crippen LogP contribution in [0.3, 0.4) is 0 Å². The van der Waals surface area contributed by atoms with Gasteiger partial charge in [-0.15, -0.1) is 11.8 Å². The zero-order chi connectivity index (χ0) is 22.4. The van der Waals surface area contributed by atoms with Crippen LogP contribution in [0, 0.1) is 0 Å². The van der Waals surface area contributed by atoms with Crippen molar-refractivity contribution >= 4 is 50.7 Å². The Morgan fingerprint density at radius 2 is 1.68 bits per heavy atom. The van der Waals surface area contributed by atoms with Crippen molar-refractivity contribution < 1.29 is 17.9 Å². The fourth-order valence-corrected chi connectivity index (χ4v) is 4.75. The summed E-state index contributed by atoms with van der Waals surface area (Å²) in [5.41, 5.74) is 0.878. The predicted octanol–water partition coefficient (Wildman–Crippen LogP) is 5.27. The summed E-state index contributed by atoms with van der Waals surface area (Å²) in [5.74, 6) is 0.565. The highest BCUT2D eigenvalue weighted by atomic mass is 35.5. The second-order valence-electron chi connectivity index (χ2n) is 6.57. The van der Waals surface area contributed by atoms with Gasteiger partial charge in [0.15, 0.2) is 0 Å². The van der Waals surface area contributed by atoms with Crippen LogP contribution in [0.5, 0.6) is 5.75 Å². The zero-order valence-electron chi connectivity index (χ0n) is 16.8. The van der Waals surface area contributed by atoms with E-state index in [1.54, 1.807) is 44.4 Å². The van der Waals surface area contributed by atoms with Gasteiger partial charge in [0.05, 0.1) is 22.9 Å². The Morgan fingerprint density at radius 1 is 1.00 bits per heavy atom. The summed E-state index contributed by atoms with van der Waals surface area (Å²) in [4.78, 5) is 13.5. The van der Waals surface area contributed by atoms with Crippen molar-refractivity contribution in [2.75, 3.05) is 17.1 Å². The first-order valence-corrected chi connectivity index (χ1v) is 12.0. The number of anilines is 2. The Bertz CT molecular complexity index is 1150. The molecule has 0 aliphatic heterocycles. The maximum atomic E-state index is 12.5. The van der Waals surface area contributed by atoms with Crippen molar-refractivity contribution in [2.45, 2.75) is 22.0 Å². The van der Waals surface area contributed by atoms with E-state index in [9.17, 15) is 13.2 Å². The fourth-order valence-electron chi connectivity index (χ4n) is 2.64. The van der Waals surface area contributed by atoms with Crippen molar-refractivity contribution in [3.63, 3.8) is 0 Å². The number of carbonyl (C=O) groups is 1. The smallest absolute Gasteiger partial charge is 0.261 e. The van der Waals surface area contributed by atoms with E-state index in [0.29, 0.717) is 16.4 Å². The van der Waals surface area contributed by atoms with Crippen LogP contribution in [0.2, 0.25) is 5.02 Å². The third-order valence-corrected chi connectivity index (χ3v) is 6.99. The summed E-state index contributed by atoms with van der Waals surface area (Å²) in [6.45, 7) is 1.80. The molecule has 3 rings (SSSR count). The minimum atomic E-state index is -3.77. The molecule has 3 aromatic carbocycles.